The van der Waals surface area contributed by atoms with E-state index in [2.05, 4.69) is 36.2 Å². The number of aryl methyl sites for hydroxylation is 1. The minimum Gasteiger partial charge on any atom is -0.342 e. The van der Waals surface area contributed by atoms with E-state index in [-0.39, 0.29) is 11.9 Å². The standard InChI is InChI=1S/C25H25N7O/c1-17-10-9-15-21(16-17)27-22(33)18(2)26-23-30-24(28-19-11-5-3-6-12-19)32-25(31-23)29-20-13-7-4-8-14-20/h3-16,18H,1-2H3,(H,27,33)(H3,26,28,29,30,31,32). The molecule has 0 fully saturated rings. The molecule has 4 rings (SSSR count). The quantitative estimate of drug-likeness (QED) is 0.303. The third kappa shape index (κ3) is 6.27. The van der Waals surface area contributed by atoms with Crippen LogP contribution in [0.3, 0.4) is 0 Å². The zero-order valence-corrected chi connectivity index (χ0v) is 18.4. The summed E-state index contributed by atoms with van der Waals surface area (Å²) in [5, 5.41) is 12.3. The average molecular weight is 440 g/mol. The number of anilines is 6. The molecule has 0 saturated heterocycles. The van der Waals surface area contributed by atoms with E-state index >= 15 is 0 Å². The fraction of sp³-hybridized carbons (Fsp3) is 0.120. The summed E-state index contributed by atoms with van der Waals surface area (Å²) >= 11 is 0. The summed E-state index contributed by atoms with van der Waals surface area (Å²) in [5.41, 5.74) is 3.48. The second-order valence-corrected chi connectivity index (χ2v) is 7.51. The van der Waals surface area contributed by atoms with Gasteiger partial charge in [0, 0.05) is 17.1 Å². The van der Waals surface area contributed by atoms with Crippen LogP contribution in [0.2, 0.25) is 0 Å². The van der Waals surface area contributed by atoms with E-state index in [1.54, 1.807) is 6.92 Å². The number of nitrogens with one attached hydrogen (secondary N) is 4. The second-order valence-electron chi connectivity index (χ2n) is 7.51. The fourth-order valence-electron chi connectivity index (χ4n) is 3.09. The number of carbonyl (C=O) groups is 1. The van der Waals surface area contributed by atoms with Crippen LogP contribution in [0.1, 0.15) is 12.5 Å². The summed E-state index contributed by atoms with van der Waals surface area (Å²) < 4.78 is 0. The number of rotatable bonds is 8. The lowest BCUT2D eigenvalue weighted by atomic mass is 10.2. The van der Waals surface area contributed by atoms with Gasteiger partial charge in [0.1, 0.15) is 6.04 Å². The van der Waals surface area contributed by atoms with Crippen molar-refractivity contribution in [2.75, 3.05) is 21.3 Å². The molecule has 0 aliphatic heterocycles. The lowest BCUT2D eigenvalue weighted by Gasteiger charge is -2.16. The van der Waals surface area contributed by atoms with Gasteiger partial charge in [-0.15, -0.1) is 0 Å². The van der Waals surface area contributed by atoms with Gasteiger partial charge in [-0.05, 0) is 55.8 Å². The van der Waals surface area contributed by atoms with Crippen molar-refractivity contribution >= 4 is 40.8 Å². The van der Waals surface area contributed by atoms with Crippen LogP contribution in [0, 0.1) is 6.92 Å². The lowest BCUT2D eigenvalue weighted by molar-refractivity contribution is -0.116. The van der Waals surface area contributed by atoms with Crippen molar-refractivity contribution in [2.24, 2.45) is 0 Å². The van der Waals surface area contributed by atoms with Crippen molar-refractivity contribution in [3.05, 3.63) is 90.5 Å². The average Bonchev–Trinajstić information content (AvgIpc) is 2.80. The summed E-state index contributed by atoms with van der Waals surface area (Å²) in [6.07, 6.45) is 0. The maximum Gasteiger partial charge on any atom is 0.246 e. The SMILES string of the molecule is Cc1cccc(NC(=O)C(C)Nc2nc(Nc3ccccc3)nc(Nc3ccccc3)n2)c1. The van der Waals surface area contributed by atoms with Gasteiger partial charge in [-0.3, -0.25) is 4.79 Å². The van der Waals surface area contributed by atoms with Crippen LogP contribution in [-0.2, 0) is 4.79 Å². The topological polar surface area (TPSA) is 104 Å². The van der Waals surface area contributed by atoms with Gasteiger partial charge in [-0.1, -0.05) is 48.5 Å². The van der Waals surface area contributed by atoms with E-state index in [4.69, 9.17) is 0 Å². The van der Waals surface area contributed by atoms with Crippen molar-refractivity contribution in [3.63, 3.8) is 0 Å². The largest absolute Gasteiger partial charge is 0.342 e. The Balaban J connectivity index is 1.54. The molecule has 0 aliphatic carbocycles. The Bertz CT molecular complexity index is 1160. The molecular formula is C25H25N7O. The minimum atomic E-state index is -0.581. The number of aromatic nitrogens is 3. The van der Waals surface area contributed by atoms with Crippen LogP contribution in [0.5, 0.6) is 0 Å². The molecule has 3 aromatic carbocycles. The fourth-order valence-corrected chi connectivity index (χ4v) is 3.09. The first-order chi connectivity index (χ1) is 16.0. The Morgan fingerprint density at radius 3 is 1.76 bits per heavy atom. The first kappa shape index (κ1) is 21.8. The second kappa shape index (κ2) is 10.2. The molecule has 0 spiro atoms. The zero-order chi connectivity index (χ0) is 23.0. The van der Waals surface area contributed by atoms with E-state index in [1.807, 2.05) is 91.9 Å². The van der Waals surface area contributed by atoms with E-state index in [9.17, 15) is 4.79 Å². The van der Waals surface area contributed by atoms with Crippen LogP contribution in [0.4, 0.5) is 34.9 Å². The van der Waals surface area contributed by atoms with Crippen LogP contribution < -0.4 is 21.3 Å². The maximum atomic E-state index is 12.7. The Hall–Kier alpha value is -4.46. The van der Waals surface area contributed by atoms with Crippen LogP contribution >= 0.6 is 0 Å². The molecule has 1 heterocycles. The first-order valence-corrected chi connectivity index (χ1v) is 10.6. The van der Waals surface area contributed by atoms with Crippen molar-refractivity contribution in [1.29, 1.82) is 0 Å². The molecule has 1 amide bonds. The number of para-hydroxylation sites is 2. The molecule has 0 aliphatic rings. The molecule has 8 nitrogen and oxygen atoms in total. The number of amides is 1. The predicted molar refractivity (Wildman–Crippen MR) is 132 cm³/mol. The molecule has 4 N–H and O–H groups in total. The molecule has 1 atom stereocenters. The number of nitrogens with zero attached hydrogens (tertiary/aromatic N) is 3. The molecule has 33 heavy (non-hydrogen) atoms. The Morgan fingerprint density at radius 1 is 0.697 bits per heavy atom. The van der Waals surface area contributed by atoms with Gasteiger partial charge < -0.3 is 21.3 Å². The van der Waals surface area contributed by atoms with E-state index in [1.165, 1.54) is 0 Å². The number of carbonyl (C=O) groups excluding carboxylic acids is 1. The van der Waals surface area contributed by atoms with Crippen LogP contribution in [0.25, 0.3) is 0 Å². The monoisotopic (exact) mass is 439 g/mol. The smallest absolute Gasteiger partial charge is 0.246 e. The highest BCUT2D eigenvalue weighted by molar-refractivity contribution is 5.96. The maximum absolute atomic E-state index is 12.7. The van der Waals surface area contributed by atoms with Gasteiger partial charge in [-0.2, -0.15) is 15.0 Å². The van der Waals surface area contributed by atoms with Gasteiger partial charge in [-0.25, -0.2) is 0 Å². The highest BCUT2D eigenvalue weighted by Gasteiger charge is 2.16. The molecule has 1 unspecified atom stereocenters. The van der Waals surface area contributed by atoms with Crippen molar-refractivity contribution in [2.45, 2.75) is 19.9 Å². The zero-order valence-electron chi connectivity index (χ0n) is 18.4. The predicted octanol–water partition coefficient (Wildman–Crippen LogP) is 5.11. The first-order valence-electron chi connectivity index (χ1n) is 10.6. The number of benzene rings is 3. The van der Waals surface area contributed by atoms with Gasteiger partial charge in [0.15, 0.2) is 0 Å². The molecule has 8 heteroatoms. The highest BCUT2D eigenvalue weighted by Crippen LogP contribution is 2.19. The van der Waals surface area contributed by atoms with E-state index in [0.29, 0.717) is 11.9 Å². The van der Waals surface area contributed by atoms with Crippen LogP contribution in [0.15, 0.2) is 84.9 Å². The third-order valence-corrected chi connectivity index (χ3v) is 4.72. The summed E-state index contributed by atoms with van der Waals surface area (Å²) in [4.78, 5) is 26.1. The van der Waals surface area contributed by atoms with E-state index < -0.39 is 6.04 Å². The minimum absolute atomic E-state index is 0.198. The van der Waals surface area contributed by atoms with Gasteiger partial charge in [0.05, 0.1) is 0 Å². The summed E-state index contributed by atoms with van der Waals surface area (Å²) in [6.45, 7) is 3.73. The molecule has 1 aromatic heterocycles. The Kier molecular flexibility index (Phi) is 6.75. The highest BCUT2D eigenvalue weighted by atomic mass is 16.2. The molecular weight excluding hydrogens is 414 g/mol. The molecule has 166 valence electrons. The number of hydrogen-bond acceptors (Lipinski definition) is 7. The summed E-state index contributed by atoms with van der Waals surface area (Å²) in [7, 11) is 0. The van der Waals surface area contributed by atoms with Crippen LogP contribution in [-0.4, -0.2) is 26.9 Å². The molecule has 4 aromatic rings. The Morgan fingerprint density at radius 2 is 1.21 bits per heavy atom. The van der Waals surface area contributed by atoms with Gasteiger partial charge in [0.25, 0.3) is 0 Å². The van der Waals surface area contributed by atoms with E-state index in [0.717, 1.165) is 22.6 Å². The molecule has 0 radical (unpaired) electrons. The summed E-state index contributed by atoms with van der Waals surface area (Å²) in [6, 6.07) is 26.3. The molecule has 0 bridgehead atoms. The third-order valence-electron chi connectivity index (χ3n) is 4.72. The Labute approximate surface area is 192 Å². The van der Waals surface area contributed by atoms with Gasteiger partial charge >= 0.3 is 0 Å². The molecule has 0 saturated carbocycles. The van der Waals surface area contributed by atoms with Gasteiger partial charge in [0.2, 0.25) is 23.8 Å². The normalized spacial score (nSPS) is 11.3. The van der Waals surface area contributed by atoms with Crippen molar-refractivity contribution < 1.29 is 4.79 Å². The van der Waals surface area contributed by atoms with Crippen molar-refractivity contribution in [3.8, 4) is 0 Å². The van der Waals surface area contributed by atoms with Crippen molar-refractivity contribution in [1.82, 2.24) is 15.0 Å². The summed E-state index contributed by atoms with van der Waals surface area (Å²) in [5.74, 6) is 0.775. The number of hydrogen-bond donors (Lipinski definition) is 4. The lowest BCUT2D eigenvalue weighted by Crippen LogP contribution is -2.32.